The van der Waals surface area contributed by atoms with Crippen molar-refractivity contribution in [3.63, 3.8) is 0 Å². The molecule has 0 amide bonds. The molecule has 3 nitrogen and oxygen atoms in total. The van der Waals surface area contributed by atoms with Crippen LogP contribution in [0.4, 0.5) is 0 Å². The Balaban J connectivity index is 3.76. The fourth-order valence-electron chi connectivity index (χ4n) is 0.619. The number of carbonyl (C=O) groups excluding carboxylic acids is 1. The maximum Gasteiger partial charge on any atom is 0.149 e. The Bertz CT molecular complexity index is 121. The third kappa shape index (κ3) is 3.58. The first-order chi connectivity index (χ1) is 4.52. The van der Waals surface area contributed by atoms with E-state index < -0.39 is 0 Å². The minimum absolute atomic E-state index is 0.0341. The monoisotopic (exact) mass is 145 g/mol. The molecule has 0 spiro atoms. The van der Waals surface area contributed by atoms with E-state index in [1.54, 1.807) is 7.11 Å². The molecule has 0 aromatic carbocycles. The Morgan fingerprint density at radius 1 is 1.60 bits per heavy atom. The molecule has 0 aromatic heterocycles. The first-order valence-electron chi connectivity index (χ1n) is 3.29. The summed E-state index contributed by atoms with van der Waals surface area (Å²) < 4.78 is 5.03. The number of carbonyl (C=O) groups is 1. The first-order valence-corrected chi connectivity index (χ1v) is 3.29. The molecule has 2 N–H and O–H groups in total. The molecular formula is C7H15NO2. The van der Waals surface area contributed by atoms with Crippen LogP contribution in [0.2, 0.25) is 0 Å². The van der Waals surface area contributed by atoms with Crippen molar-refractivity contribution in [1.82, 2.24) is 0 Å². The van der Waals surface area contributed by atoms with Gasteiger partial charge in [0, 0.05) is 13.5 Å². The van der Waals surface area contributed by atoms with Crippen LogP contribution in [-0.2, 0) is 9.53 Å². The van der Waals surface area contributed by atoms with E-state index in [1.165, 1.54) is 0 Å². The van der Waals surface area contributed by atoms with Gasteiger partial charge in [-0.25, -0.2) is 0 Å². The predicted molar refractivity (Wildman–Crippen MR) is 39.8 cm³/mol. The van der Waals surface area contributed by atoms with E-state index in [-0.39, 0.29) is 17.9 Å². The molecule has 0 bridgehead atoms. The van der Waals surface area contributed by atoms with E-state index in [0.717, 1.165) is 0 Å². The lowest BCUT2D eigenvalue weighted by Crippen LogP contribution is -2.29. The Labute approximate surface area is 61.5 Å². The topological polar surface area (TPSA) is 52.3 Å². The number of hydrogen-bond acceptors (Lipinski definition) is 3. The fourth-order valence-corrected chi connectivity index (χ4v) is 0.619. The summed E-state index contributed by atoms with van der Waals surface area (Å²) in [6, 6.07) is 0. The lowest BCUT2D eigenvalue weighted by atomic mass is 10.0. The predicted octanol–water partition coefficient (Wildman–Crippen LogP) is 0.329. The number of nitrogens with two attached hydrogens (primary N) is 1. The van der Waals surface area contributed by atoms with Gasteiger partial charge in [-0.2, -0.15) is 0 Å². The number of hydrogen-bond donors (Lipinski definition) is 1. The molecule has 0 saturated heterocycles. The van der Waals surface area contributed by atoms with Crippen molar-refractivity contribution in [2.45, 2.75) is 25.9 Å². The average molecular weight is 145 g/mol. The largest absolute Gasteiger partial charge is 0.378 e. The number of rotatable bonds is 4. The summed E-state index contributed by atoms with van der Waals surface area (Å²) in [5.74, 6) is 0.0341. The van der Waals surface area contributed by atoms with E-state index in [1.807, 2.05) is 13.8 Å². The second-order valence-electron chi connectivity index (χ2n) is 2.88. The molecule has 0 aromatic rings. The Kier molecular flexibility index (Phi) is 3.53. The van der Waals surface area contributed by atoms with Gasteiger partial charge in [-0.3, -0.25) is 4.79 Å². The molecule has 0 rings (SSSR count). The van der Waals surface area contributed by atoms with Crippen molar-refractivity contribution in [2.75, 3.05) is 13.7 Å². The molecule has 0 aliphatic rings. The van der Waals surface area contributed by atoms with Gasteiger partial charge in [0.15, 0.2) is 0 Å². The molecule has 10 heavy (non-hydrogen) atoms. The molecule has 0 fully saturated rings. The molecule has 3 heteroatoms. The highest BCUT2D eigenvalue weighted by molar-refractivity contribution is 5.81. The van der Waals surface area contributed by atoms with Crippen molar-refractivity contribution in [3.05, 3.63) is 0 Å². The third-order valence-electron chi connectivity index (χ3n) is 1.40. The highest BCUT2D eigenvalue weighted by Gasteiger charge is 2.19. The average Bonchev–Trinajstić information content (AvgIpc) is 1.87. The van der Waals surface area contributed by atoms with Crippen LogP contribution in [0.3, 0.4) is 0 Å². The van der Waals surface area contributed by atoms with Crippen LogP contribution in [0.25, 0.3) is 0 Å². The maximum absolute atomic E-state index is 10.8. The highest BCUT2D eigenvalue weighted by Crippen LogP contribution is 2.12. The number of ether oxygens (including phenoxy) is 1. The molecular weight excluding hydrogens is 130 g/mol. The summed E-state index contributed by atoms with van der Waals surface area (Å²) in [5, 5.41) is 0. The first kappa shape index (κ1) is 9.59. The van der Waals surface area contributed by atoms with Crippen LogP contribution >= 0.6 is 0 Å². The highest BCUT2D eigenvalue weighted by atomic mass is 16.5. The smallest absolute Gasteiger partial charge is 0.149 e. The van der Waals surface area contributed by atoms with Crippen molar-refractivity contribution in [3.8, 4) is 0 Å². The molecule has 0 unspecified atom stereocenters. The minimum Gasteiger partial charge on any atom is -0.378 e. The van der Waals surface area contributed by atoms with Gasteiger partial charge >= 0.3 is 0 Å². The summed E-state index contributed by atoms with van der Waals surface area (Å²) in [5.41, 5.74) is 4.76. The summed E-state index contributed by atoms with van der Waals surface area (Å²) in [6.07, 6.45) is 0.389. The third-order valence-corrected chi connectivity index (χ3v) is 1.40. The van der Waals surface area contributed by atoms with Gasteiger partial charge in [0.1, 0.15) is 5.78 Å². The van der Waals surface area contributed by atoms with Crippen LogP contribution in [-0.4, -0.2) is 25.0 Å². The maximum atomic E-state index is 10.8. The molecule has 0 atom stereocenters. The second-order valence-corrected chi connectivity index (χ2v) is 2.88. The van der Waals surface area contributed by atoms with Crippen molar-refractivity contribution in [1.29, 1.82) is 0 Å². The van der Waals surface area contributed by atoms with E-state index in [9.17, 15) is 4.79 Å². The number of Topliss-reactive ketones (excluding diaryl/α,β-unsaturated/α-hetero) is 1. The lowest BCUT2D eigenvalue weighted by Gasteiger charge is -2.21. The van der Waals surface area contributed by atoms with Gasteiger partial charge in [-0.1, -0.05) is 0 Å². The van der Waals surface area contributed by atoms with Gasteiger partial charge in [0.2, 0.25) is 0 Å². The number of methoxy groups -OCH3 is 1. The Morgan fingerprint density at radius 3 is 2.40 bits per heavy atom. The van der Waals surface area contributed by atoms with E-state index >= 15 is 0 Å². The normalized spacial score (nSPS) is 11.6. The van der Waals surface area contributed by atoms with Gasteiger partial charge in [-0.05, 0) is 13.8 Å². The van der Waals surface area contributed by atoms with E-state index in [4.69, 9.17) is 10.5 Å². The van der Waals surface area contributed by atoms with Gasteiger partial charge < -0.3 is 10.5 Å². The molecule has 0 radical (unpaired) electrons. The zero-order chi connectivity index (χ0) is 8.20. The Hall–Kier alpha value is -0.410. The zero-order valence-electron chi connectivity index (χ0n) is 6.81. The standard InChI is InChI=1S/C7H15NO2/c1-7(2,10-3)4-6(9)5-8/h4-5,8H2,1-3H3. The second kappa shape index (κ2) is 3.68. The summed E-state index contributed by atoms with van der Waals surface area (Å²) >= 11 is 0. The van der Waals surface area contributed by atoms with Crippen molar-refractivity contribution >= 4 is 5.78 Å². The molecule has 60 valence electrons. The molecule has 0 aliphatic carbocycles. The van der Waals surface area contributed by atoms with Gasteiger partial charge in [-0.15, -0.1) is 0 Å². The quantitative estimate of drug-likeness (QED) is 0.620. The van der Waals surface area contributed by atoms with Gasteiger partial charge in [0.05, 0.1) is 12.1 Å². The zero-order valence-corrected chi connectivity index (χ0v) is 6.81. The van der Waals surface area contributed by atoms with Gasteiger partial charge in [0.25, 0.3) is 0 Å². The fraction of sp³-hybridized carbons (Fsp3) is 0.857. The van der Waals surface area contributed by atoms with Crippen LogP contribution in [0.1, 0.15) is 20.3 Å². The SMILES string of the molecule is COC(C)(C)CC(=O)CN. The van der Waals surface area contributed by atoms with Crippen LogP contribution < -0.4 is 5.73 Å². The number of ketones is 1. The van der Waals surface area contributed by atoms with Crippen molar-refractivity contribution in [2.24, 2.45) is 5.73 Å². The molecule has 0 heterocycles. The summed E-state index contributed by atoms with van der Waals surface area (Å²) in [7, 11) is 1.59. The van der Waals surface area contributed by atoms with Crippen LogP contribution in [0, 0.1) is 0 Å². The summed E-state index contributed by atoms with van der Waals surface area (Å²) in [4.78, 5) is 10.8. The van der Waals surface area contributed by atoms with E-state index in [0.29, 0.717) is 6.42 Å². The summed E-state index contributed by atoms with van der Waals surface area (Å²) in [6.45, 7) is 3.83. The Morgan fingerprint density at radius 2 is 2.10 bits per heavy atom. The molecule has 0 saturated carbocycles. The van der Waals surface area contributed by atoms with Crippen LogP contribution in [0.5, 0.6) is 0 Å². The lowest BCUT2D eigenvalue weighted by molar-refractivity contribution is -0.122. The van der Waals surface area contributed by atoms with E-state index in [2.05, 4.69) is 0 Å². The molecule has 0 aliphatic heterocycles. The van der Waals surface area contributed by atoms with Crippen LogP contribution in [0.15, 0.2) is 0 Å². The minimum atomic E-state index is -0.365. The van der Waals surface area contributed by atoms with Crippen molar-refractivity contribution < 1.29 is 9.53 Å².